The van der Waals surface area contributed by atoms with Crippen molar-refractivity contribution in [2.75, 3.05) is 25.0 Å². The zero-order chi connectivity index (χ0) is 12.8. The Bertz CT molecular complexity index is 332. The molecule has 2 nitrogen and oxygen atoms in total. The smallest absolute Gasteiger partial charge is 0.0414 e. The highest BCUT2D eigenvalue weighted by Crippen LogP contribution is 2.30. The predicted molar refractivity (Wildman–Crippen MR) is 79.2 cm³/mol. The van der Waals surface area contributed by atoms with Gasteiger partial charge in [-0.1, -0.05) is 31.5 Å². The number of nitrogens with zero attached hydrogens (tertiary/aromatic N) is 1. The van der Waals surface area contributed by atoms with Crippen molar-refractivity contribution < 1.29 is 0 Å². The van der Waals surface area contributed by atoms with E-state index in [1.165, 1.54) is 56.4 Å². The third-order valence-electron chi connectivity index (χ3n) is 3.93. The lowest BCUT2D eigenvalue weighted by Gasteiger charge is -2.32. The molecule has 1 N–H and O–H groups in total. The van der Waals surface area contributed by atoms with E-state index in [1.54, 1.807) is 0 Å². The number of nitrogens with one attached hydrogen (secondary N) is 1. The van der Waals surface area contributed by atoms with Crippen molar-refractivity contribution in [3.05, 3.63) is 29.8 Å². The highest BCUT2D eigenvalue weighted by atomic mass is 15.1. The maximum Gasteiger partial charge on any atom is 0.0414 e. The quantitative estimate of drug-likeness (QED) is 0.851. The molecule has 1 aliphatic rings. The Morgan fingerprint density at radius 3 is 2.56 bits per heavy atom. The molecule has 0 saturated carbocycles. The Hall–Kier alpha value is -1.02. The first-order valence-electron chi connectivity index (χ1n) is 7.38. The number of benzene rings is 1. The van der Waals surface area contributed by atoms with Crippen LogP contribution in [0.15, 0.2) is 24.3 Å². The minimum Gasteiger partial charge on any atom is -0.371 e. The summed E-state index contributed by atoms with van der Waals surface area (Å²) in [7, 11) is 2.08. The molecule has 18 heavy (non-hydrogen) atoms. The molecule has 1 heterocycles. The van der Waals surface area contributed by atoms with Crippen molar-refractivity contribution in [1.29, 1.82) is 0 Å². The third kappa shape index (κ3) is 3.05. The Morgan fingerprint density at radius 1 is 1.17 bits per heavy atom. The van der Waals surface area contributed by atoms with Gasteiger partial charge < -0.3 is 10.2 Å². The molecular weight excluding hydrogens is 220 g/mol. The summed E-state index contributed by atoms with van der Waals surface area (Å²) in [5.74, 6) is 0. The number of anilines is 1. The van der Waals surface area contributed by atoms with Gasteiger partial charge in [0.15, 0.2) is 0 Å². The summed E-state index contributed by atoms with van der Waals surface area (Å²) in [6.07, 6.45) is 6.50. The first-order chi connectivity index (χ1) is 8.86. The average Bonchev–Trinajstić information content (AvgIpc) is 2.46. The molecule has 0 aromatic heterocycles. The summed E-state index contributed by atoms with van der Waals surface area (Å²) >= 11 is 0. The monoisotopic (exact) mass is 246 g/mol. The van der Waals surface area contributed by atoms with Crippen molar-refractivity contribution in [3.8, 4) is 0 Å². The molecule has 1 unspecified atom stereocenters. The summed E-state index contributed by atoms with van der Waals surface area (Å²) in [6, 6.07) is 9.42. The highest BCUT2D eigenvalue weighted by Gasteiger charge is 2.18. The van der Waals surface area contributed by atoms with E-state index < -0.39 is 0 Å². The fraction of sp³-hybridized carbons (Fsp3) is 0.625. The summed E-state index contributed by atoms with van der Waals surface area (Å²) < 4.78 is 0. The SMILES string of the molecule is CCCC(NC)c1ccccc1N1CCCCC1. The molecular formula is C16H26N2. The molecule has 1 aromatic carbocycles. The number of hydrogen-bond donors (Lipinski definition) is 1. The van der Waals surface area contributed by atoms with Crippen LogP contribution in [0.3, 0.4) is 0 Å². The zero-order valence-corrected chi connectivity index (χ0v) is 11.8. The molecule has 0 aliphatic carbocycles. The highest BCUT2D eigenvalue weighted by molar-refractivity contribution is 5.55. The maximum absolute atomic E-state index is 3.47. The molecule has 0 amide bonds. The lowest BCUT2D eigenvalue weighted by atomic mass is 9.98. The van der Waals surface area contributed by atoms with Crippen LogP contribution in [0.4, 0.5) is 5.69 Å². The number of rotatable bonds is 5. The van der Waals surface area contributed by atoms with Crippen LogP contribution in [0, 0.1) is 0 Å². The maximum atomic E-state index is 3.47. The normalized spacial score (nSPS) is 17.8. The largest absolute Gasteiger partial charge is 0.371 e. The van der Waals surface area contributed by atoms with Crippen LogP contribution in [0.2, 0.25) is 0 Å². The number of hydrogen-bond acceptors (Lipinski definition) is 2. The van der Waals surface area contributed by atoms with Gasteiger partial charge in [0, 0.05) is 24.8 Å². The van der Waals surface area contributed by atoms with Gasteiger partial charge in [-0.15, -0.1) is 0 Å². The molecule has 1 fully saturated rings. The van der Waals surface area contributed by atoms with E-state index in [9.17, 15) is 0 Å². The Labute approximate surface area is 111 Å². The summed E-state index contributed by atoms with van der Waals surface area (Å²) in [6.45, 7) is 4.70. The van der Waals surface area contributed by atoms with Crippen LogP contribution in [-0.2, 0) is 0 Å². The minimum absolute atomic E-state index is 0.494. The average molecular weight is 246 g/mol. The standard InChI is InChI=1S/C16H26N2/c1-3-9-15(17-2)14-10-5-6-11-16(14)18-12-7-4-8-13-18/h5-6,10-11,15,17H,3-4,7-9,12-13H2,1-2H3. The van der Waals surface area contributed by atoms with Gasteiger partial charge in [-0.2, -0.15) is 0 Å². The van der Waals surface area contributed by atoms with Gasteiger partial charge in [0.25, 0.3) is 0 Å². The molecule has 1 aliphatic heterocycles. The van der Waals surface area contributed by atoms with Gasteiger partial charge >= 0.3 is 0 Å². The molecule has 2 heteroatoms. The predicted octanol–water partition coefficient (Wildman–Crippen LogP) is 3.74. The van der Waals surface area contributed by atoms with Crippen molar-refractivity contribution >= 4 is 5.69 Å². The van der Waals surface area contributed by atoms with Gasteiger partial charge in [0.1, 0.15) is 0 Å². The number of piperidine rings is 1. The van der Waals surface area contributed by atoms with E-state index in [1.807, 2.05) is 0 Å². The molecule has 0 radical (unpaired) electrons. The molecule has 0 spiro atoms. The van der Waals surface area contributed by atoms with Crippen molar-refractivity contribution in [2.24, 2.45) is 0 Å². The lowest BCUT2D eigenvalue weighted by Crippen LogP contribution is -2.31. The first kappa shape index (κ1) is 13.4. The van der Waals surface area contributed by atoms with E-state index in [0.29, 0.717) is 6.04 Å². The van der Waals surface area contributed by atoms with E-state index in [2.05, 4.69) is 48.5 Å². The van der Waals surface area contributed by atoms with Crippen molar-refractivity contribution in [1.82, 2.24) is 5.32 Å². The van der Waals surface area contributed by atoms with E-state index in [0.717, 1.165) is 0 Å². The van der Waals surface area contributed by atoms with Crippen LogP contribution in [0.5, 0.6) is 0 Å². The molecule has 1 atom stereocenters. The van der Waals surface area contributed by atoms with Gasteiger partial charge in [0.2, 0.25) is 0 Å². The summed E-state index contributed by atoms with van der Waals surface area (Å²) in [4.78, 5) is 2.57. The topological polar surface area (TPSA) is 15.3 Å². The summed E-state index contributed by atoms with van der Waals surface area (Å²) in [5, 5.41) is 3.47. The van der Waals surface area contributed by atoms with Gasteiger partial charge in [-0.3, -0.25) is 0 Å². The first-order valence-corrected chi connectivity index (χ1v) is 7.38. The van der Waals surface area contributed by atoms with Crippen LogP contribution < -0.4 is 10.2 Å². The zero-order valence-electron chi connectivity index (χ0n) is 11.8. The second kappa shape index (κ2) is 6.79. The molecule has 100 valence electrons. The summed E-state index contributed by atoms with van der Waals surface area (Å²) in [5.41, 5.74) is 2.92. The minimum atomic E-state index is 0.494. The van der Waals surface area contributed by atoms with Crippen LogP contribution in [0.1, 0.15) is 50.6 Å². The Kier molecular flexibility index (Phi) is 5.06. The van der Waals surface area contributed by atoms with Gasteiger partial charge in [-0.05, 0) is 44.4 Å². The molecule has 0 bridgehead atoms. The number of para-hydroxylation sites is 1. The van der Waals surface area contributed by atoms with Crippen molar-refractivity contribution in [3.63, 3.8) is 0 Å². The van der Waals surface area contributed by atoms with E-state index in [4.69, 9.17) is 0 Å². The second-order valence-corrected chi connectivity index (χ2v) is 5.24. The fourth-order valence-electron chi connectivity index (χ4n) is 2.95. The van der Waals surface area contributed by atoms with E-state index >= 15 is 0 Å². The van der Waals surface area contributed by atoms with E-state index in [-0.39, 0.29) is 0 Å². The second-order valence-electron chi connectivity index (χ2n) is 5.24. The van der Waals surface area contributed by atoms with Gasteiger partial charge in [-0.25, -0.2) is 0 Å². The molecule has 2 rings (SSSR count). The molecule has 1 saturated heterocycles. The third-order valence-corrected chi connectivity index (χ3v) is 3.93. The van der Waals surface area contributed by atoms with Gasteiger partial charge in [0.05, 0.1) is 0 Å². The van der Waals surface area contributed by atoms with Crippen molar-refractivity contribution in [2.45, 2.75) is 45.1 Å². The Morgan fingerprint density at radius 2 is 1.89 bits per heavy atom. The Balaban J connectivity index is 2.23. The fourth-order valence-corrected chi connectivity index (χ4v) is 2.95. The van der Waals surface area contributed by atoms with Crippen LogP contribution in [0.25, 0.3) is 0 Å². The van der Waals surface area contributed by atoms with Crippen LogP contribution >= 0.6 is 0 Å². The van der Waals surface area contributed by atoms with Crippen LogP contribution in [-0.4, -0.2) is 20.1 Å². The molecule has 1 aromatic rings. The lowest BCUT2D eigenvalue weighted by molar-refractivity contribution is 0.532.